The summed E-state index contributed by atoms with van der Waals surface area (Å²) in [5.41, 5.74) is 7.52. The van der Waals surface area contributed by atoms with E-state index in [1.54, 1.807) is 12.1 Å². The molecule has 0 unspecified atom stereocenters. The Bertz CT molecular complexity index is 552. The van der Waals surface area contributed by atoms with Crippen molar-refractivity contribution in [1.29, 1.82) is 0 Å². The minimum absolute atomic E-state index is 0.0363. The second kappa shape index (κ2) is 4.81. The van der Waals surface area contributed by atoms with E-state index in [4.69, 9.17) is 5.73 Å². The van der Waals surface area contributed by atoms with Gasteiger partial charge in [-0.05, 0) is 12.1 Å². The van der Waals surface area contributed by atoms with E-state index in [1.807, 2.05) is 18.2 Å². The molecule has 0 saturated heterocycles. The molecule has 1 heterocycles. The van der Waals surface area contributed by atoms with Crippen LogP contribution in [0.25, 0.3) is 10.9 Å². The molecule has 1 aromatic heterocycles. The molecule has 96 valence electrons. The van der Waals surface area contributed by atoms with Gasteiger partial charge in [0, 0.05) is 17.6 Å². The molecule has 2 rings (SSSR count). The van der Waals surface area contributed by atoms with Crippen LogP contribution < -0.4 is 11.1 Å². The van der Waals surface area contributed by atoms with Crippen molar-refractivity contribution in [2.24, 2.45) is 0 Å². The Hall–Kier alpha value is -1.82. The molecule has 0 aliphatic rings. The minimum Gasteiger partial charge on any atom is -0.398 e. The molecule has 0 spiro atoms. The van der Waals surface area contributed by atoms with Gasteiger partial charge in [0.15, 0.2) is 0 Å². The molecule has 3 nitrogen and oxygen atoms in total. The molecule has 0 fully saturated rings. The number of halogens is 3. The average Bonchev–Trinajstić information content (AvgIpc) is 2.27. The third-order valence-electron chi connectivity index (χ3n) is 2.43. The number of nitrogens with one attached hydrogen (secondary N) is 1. The number of fused-ring (bicyclic) bond motifs is 1. The van der Waals surface area contributed by atoms with Crippen molar-refractivity contribution in [3.8, 4) is 0 Å². The molecule has 1 aromatic carbocycles. The van der Waals surface area contributed by atoms with E-state index >= 15 is 0 Å². The van der Waals surface area contributed by atoms with Gasteiger partial charge < -0.3 is 11.1 Å². The van der Waals surface area contributed by atoms with Crippen LogP contribution >= 0.6 is 0 Å². The second-order valence-electron chi connectivity index (χ2n) is 3.94. The summed E-state index contributed by atoms with van der Waals surface area (Å²) in [6, 6.07) is 8.83. The number of alkyl halides is 3. The van der Waals surface area contributed by atoms with E-state index < -0.39 is 12.7 Å². The summed E-state index contributed by atoms with van der Waals surface area (Å²) in [5.74, 6) is 0. The first-order valence-electron chi connectivity index (χ1n) is 5.37. The molecule has 0 aliphatic carbocycles. The highest BCUT2D eigenvalue weighted by Gasteiger charge is 2.26. The van der Waals surface area contributed by atoms with E-state index in [0.717, 1.165) is 5.39 Å². The van der Waals surface area contributed by atoms with E-state index in [2.05, 4.69) is 10.3 Å². The van der Waals surface area contributed by atoms with Crippen LogP contribution in [0.3, 0.4) is 0 Å². The zero-order valence-corrected chi connectivity index (χ0v) is 9.46. The summed E-state index contributed by atoms with van der Waals surface area (Å²) in [5, 5.41) is 3.09. The third kappa shape index (κ3) is 3.10. The molecule has 0 bridgehead atoms. The standard InChI is InChI=1S/C12H12F3N3/c13-12(14,15)7-17-6-8-5-10(16)9-3-1-2-4-11(9)18-8/h1-5,17H,6-7H2,(H2,16,18). The van der Waals surface area contributed by atoms with Gasteiger partial charge in [-0.1, -0.05) is 18.2 Å². The van der Waals surface area contributed by atoms with Crippen molar-refractivity contribution in [3.63, 3.8) is 0 Å². The van der Waals surface area contributed by atoms with Crippen molar-refractivity contribution < 1.29 is 13.2 Å². The lowest BCUT2D eigenvalue weighted by atomic mass is 10.1. The fraction of sp³-hybridized carbons (Fsp3) is 0.250. The second-order valence-corrected chi connectivity index (χ2v) is 3.94. The highest BCUT2D eigenvalue weighted by atomic mass is 19.4. The third-order valence-corrected chi connectivity index (χ3v) is 2.43. The number of benzene rings is 1. The van der Waals surface area contributed by atoms with Crippen LogP contribution in [0.1, 0.15) is 5.69 Å². The fourth-order valence-corrected chi connectivity index (χ4v) is 1.68. The van der Waals surface area contributed by atoms with E-state index in [9.17, 15) is 13.2 Å². The van der Waals surface area contributed by atoms with Gasteiger partial charge in [-0.2, -0.15) is 13.2 Å². The van der Waals surface area contributed by atoms with Crippen molar-refractivity contribution in [2.45, 2.75) is 12.7 Å². The quantitative estimate of drug-likeness (QED) is 0.885. The normalized spacial score (nSPS) is 11.9. The van der Waals surface area contributed by atoms with Crippen LogP contribution in [0.15, 0.2) is 30.3 Å². The van der Waals surface area contributed by atoms with Crippen LogP contribution in [-0.2, 0) is 6.54 Å². The number of pyridine rings is 1. The molecule has 0 radical (unpaired) electrons. The average molecular weight is 255 g/mol. The van der Waals surface area contributed by atoms with Gasteiger partial charge >= 0.3 is 6.18 Å². The van der Waals surface area contributed by atoms with Crippen molar-refractivity contribution >= 4 is 16.6 Å². The van der Waals surface area contributed by atoms with Gasteiger partial charge in [-0.25, -0.2) is 0 Å². The number of hydrogen-bond acceptors (Lipinski definition) is 3. The fourth-order valence-electron chi connectivity index (χ4n) is 1.68. The first-order chi connectivity index (χ1) is 8.46. The van der Waals surface area contributed by atoms with Crippen LogP contribution in [-0.4, -0.2) is 17.7 Å². The summed E-state index contributed by atoms with van der Waals surface area (Å²) >= 11 is 0. The summed E-state index contributed by atoms with van der Waals surface area (Å²) in [6.45, 7) is -1.00. The molecular formula is C12H12F3N3. The number of nitrogen functional groups attached to an aromatic ring is 1. The summed E-state index contributed by atoms with van der Waals surface area (Å²) in [6.07, 6.45) is -4.22. The zero-order chi connectivity index (χ0) is 13.2. The molecule has 18 heavy (non-hydrogen) atoms. The Morgan fingerprint density at radius 3 is 2.67 bits per heavy atom. The summed E-state index contributed by atoms with van der Waals surface area (Å²) in [4.78, 5) is 4.25. The molecule has 0 saturated carbocycles. The van der Waals surface area contributed by atoms with Gasteiger partial charge in [0.25, 0.3) is 0 Å². The highest BCUT2D eigenvalue weighted by Crippen LogP contribution is 2.20. The lowest BCUT2D eigenvalue weighted by Crippen LogP contribution is -2.28. The topological polar surface area (TPSA) is 50.9 Å². The maximum atomic E-state index is 12.0. The molecule has 0 aliphatic heterocycles. The number of nitrogens with two attached hydrogens (primary N) is 1. The molecular weight excluding hydrogens is 243 g/mol. The predicted octanol–water partition coefficient (Wildman–Crippen LogP) is 2.47. The Morgan fingerprint density at radius 1 is 1.22 bits per heavy atom. The molecule has 0 amide bonds. The van der Waals surface area contributed by atoms with Crippen LogP contribution in [0, 0.1) is 0 Å². The predicted molar refractivity (Wildman–Crippen MR) is 63.9 cm³/mol. The van der Waals surface area contributed by atoms with Crippen LogP contribution in [0.2, 0.25) is 0 Å². The Labute approximate surface area is 102 Å². The van der Waals surface area contributed by atoms with Crippen LogP contribution in [0.5, 0.6) is 0 Å². The van der Waals surface area contributed by atoms with E-state index in [1.165, 1.54) is 0 Å². The van der Waals surface area contributed by atoms with E-state index in [-0.39, 0.29) is 6.54 Å². The molecule has 0 atom stereocenters. The lowest BCUT2D eigenvalue weighted by Gasteiger charge is -2.09. The molecule has 6 heteroatoms. The monoisotopic (exact) mass is 255 g/mol. The summed E-state index contributed by atoms with van der Waals surface area (Å²) < 4.78 is 35.9. The van der Waals surface area contributed by atoms with Crippen molar-refractivity contribution in [2.75, 3.05) is 12.3 Å². The first-order valence-corrected chi connectivity index (χ1v) is 5.37. The number of rotatable bonds is 3. The van der Waals surface area contributed by atoms with E-state index in [0.29, 0.717) is 16.9 Å². The van der Waals surface area contributed by atoms with Crippen LogP contribution in [0.4, 0.5) is 18.9 Å². The number of aromatic nitrogens is 1. The Balaban J connectivity index is 2.15. The number of para-hydroxylation sites is 1. The number of nitrogens with zero attached hydrogens (tertiary/aromatic N) is 1. The van der Waals surface area contributed by atoms with Gasteiger partial charge in [0.2, 0.25) is 0 Å². The lowest BCUT2D eigenvalue weighted by molar-refractivity contribution is -0.125. The highest BCUT2D eigenvalue weighted by molar-refractivity contribution is 5.90. The summed E-state index contributed by atoms with van der Waals surface area (Å²) in [7, 11) is 0. The Morgan fingerprint density at radius 2 is 1.94 bits per heavy atom. The van der Waals surface area contributed by atoms with Crippen molar-refractivity contribution in [1.82, 2.24) is 10.3 Å². The van der Waals surface area contributed by atoms with Gasteiger partial charge in [-0.15, -0.1) is 0 Å². The number of hydrogen-bond donors (Lipinski definition) is 2. The maximum absolute atomic E-state index is 12.0. The Kier molecular flexibility index (Phi) is 3.38. The maximum Gasteiger partial charge on any atom is 0.401 e. The SMILES string of the molecule is Nc1cc(CNCC(F)(F)F)nc2ccccc12. The molecule has 3 N–H and O–H groups in total. The zero-order valence-electron chi connectivity index (χ0n) is 9.46. The minimum atomic E-state index is -4.22. The van der Waals surface area contributed by atoms with Gasteiger partial charge in [0.1, 0.15) is 0 Å². The largest absolute Gasteiger partial charge is 0.401 e. The molecule has 2 aromatic rings. The van der Waals surface area contributed by atoms with Gasteiger partial charge in [-0.3, -0.25) is 4.98 Å². The number of anilines is 1. The van der Waals surface area contributed by atoms with Gasteiger partial charge in [0.05, 0.1) is 17.8 Å². The first kappa shape index (κ1) is 12.6. The van der Waals surface area contributed by atoms with Crippen molar-refractivity contribution in [3.05, 3.63) is 36.0 Å². The smallest absolute Gasteiger partial charge is 0.398 e.